The SMILES string of the molecule is COC(=O)CCCC(=O)Oc1ccc(C(=O)OCCCC(C)C(C)(C)C2CCC(OC(=O)c3ccc(OC(=O)CCCC(=O)OC)cc3)CC2)cc1. The molecule has 52 heavy (non-hydrogen) atoms. The van der Waals surface area contributed by atoms with Crippen molar-refractivity contribution in [3.63, 3.8) is 0 Å². The van der Waals surface area contributed by atoms with E-state index in [9.17, 15) is 28.8 Å². The first-order valence-electron chi connectivity index (χ1n) is 18.0. The third kappa shape index (κ3) is 13.8. The van der Waals surface area contributed by atoms with Crippen LogP contribution in [0.3, 0.4) is 0 Å². The second-order valence-corrected chi connectivity index (χ2v) is 13.7. The van der Waals surface area contributed by atoms with Crippen molar-refractivity contribution in [2.24, 2.45) is 17.3 Å². The van der Waals surface area contributed by atoms with Crippen molar-refractivity contribution in [2.45, 2.75) is 104 Å². The molecule has 2 aromatic rings. The Bertz CT molecular complexity index is 1490. The Labute approximate surface area is 305 Å². The van der Waals surface area contributed by atoms with E-state index in [2.05, 4.69) is 30.2 Å². The zero-order valence-corrected chi connectivity index (χ0v) is 30.9. The average Bonchev–Trinajstić information content (AvgIpc) is 3.13. The molecule has 12 nitrogen and oxygen atoms in total. The van der Waals surface area contributed by atoms with Gasteiger partial charge >= 0.3 is 35.8 Å². The van der Waals surface area contributed by atoms with Crippen LogP contribution >= 0.6 is 0 Å². The van der Waals surface area contributed by atoms with E-state index < -0.39 is 23.9 Å². The Hall–Kier alpha value is -4.74. The molecule has 0 aromatic heterocycles. The van der Waals surface area contributed by atoms with E-state index in [1.807, 2.05) is 0 Å². The van der Waals surface area contributed by atoms with Gasteiger partial charge in [0.05, 0.1) is 32.0 Å². The monoisotopic (exact) mass is 724 g/mol. The summed E-state index contributed by atoms with van der Waals surface area (Å²) in [6.07, 6.45) is 5.97. The number of ether oxygens (including phenoxy) is 6. The zero-order valence-electron chi connectivity index (χ0n) is 30.9. The molecule has 0 amide bonds. The fourth-order valence-electron chi connectivity index (χ4n) is 6.20. The molecule has 284 valence electrons. The molecule has 1 aliphatic carbocycles. The molecule has 0 radical (unpaired) electrons. The van der Waals surface area contributed by atoms with Gasteiger partial charge in [0.1, 0.15) is 17.6 Å². The van der Waals surface area contributed by atoms with Crippen molar-refractivity contribution in [3.05, 3.63) is 59.7 Å². The van der Waals surface area contributed by atoms with Gasteiger partial charge in [0.25, 0.3) is 0 Å². The standard InChI is InChI=1S/C40H52O12/c1-27(9-8-26-49-38(45)28-14-20-31(21-15-28)50-36(43)12-6-10-34(41)47-4)40(2,3)30-18-24-33(25-19-30)52-39(46)29-16-22-32(23-17-29)51-37(44)13-7-11-35(42)48-5/h14-17,20-23,27,30,33H,6-13,18-19,24-26H2,1-5H3. The van der Waals surface area contributed by atoms with Crippen molar-refractivity contribution >= 4 is 35.8 Å². The van der Waals surface area contributed by atoms with Crippen LogP contribution in [0.25, 0.3) is 0 Å². The first kappa shape index (κ1) is 41.7. The number of carbonyl (C=O) groups is 6. The third-order valence-corrected chi connectivity index (χ3v) is 9.91. The predicted octanol–water partition coefficient (Wildman–Crippen LogP) is 7.20. The Kier molecular flexibility index (Phi) is 16.8. The fourth-order valence-corrected chi connectivity index (χ4v) is 6.20. The lowest BCUT2D eigenvalue weighted by atomic mass is 9.63. The van der Waals surface area contributed by atoms with Gasteiger partial charge in [-0.15, -0.1) is 0 Å². The molecule has 1 unspecified atom stereocenters. The molecule has 1 atom stereocenters. The second-order valence-electron chi connectivity index (χ2n) is 13.7. The first-order valence-corrected chi connectivity index (χ1v) is 18.0. The van der Waals surface area contributed by atoms with Crippen LogP contribution in [-0.4, -0.2) is 62.7 Å². The first-order chi connectivity index (χ1) is 24.8. The van der Waals surface area contributed by atoms with Crippen LogP contribution in [0.1, 0.15) is 119 Å². The van der Waals surface area contributed by atoms with E-state index >= 15 is 0 Å². The van der Waals surface area contributed by atoms with Crippen LogP contribution in [-0.2, 0) is 38.1 Å². The number of hydrogen-bond acceptors (Lipinski definition) is 12. The van der Waals surface area contributed by atoms with Crippen LogP contribution < -0.4 is 9.47 Å². The van der Waals surface area contributed by atoms with Gasteiger partial charge in [-0.2, -0.15) is 0 Å². The Morgan fingerprint density at radius 3 is 1.54 bits per heavy atom. The largest absolute Gasteiger partial charge is 0.469 e. The summed E-state index contributed by atoms with van der Waals surface area (Å²) in [7, 11) is 2.59. The minimum Gasteiger partial charge on any atom is -0.469 e. The van der Waals surface area contributed by atoms with Crippen LogP contribution in [0.2, 0.25) is 0 Å². The van der Waals surface area contributed by atoms with Gasteiger partial charge in [-0.3, -0.25) is 19.2 Å². The second kappa shape index (κ2) is 20.9. The Morgan fingerprint density at radius 1 is 0.635 bits per heavy atom. The minimum atomic E-state index is -0.471. The molecule has 1 saturated carbocycles. The highest BCUT2D eigenvalue weighted by atomic mass is 16.6. The Balaban J connectivity index is 1.33. The van der Waals surface area contributed by atoms with Crippen molar-refractivity contribution in [3.8, 4) is 11.5 Å². The summed E-state index contributed by atoms with van der Waals surface area (Å²) in [4.78, 5) is 71.7. The Morgan fingerprint density at radius 2 is 1.08 bits per heavy atom. The van der Waals surface area contributed by atoms with Crippen LogP contribution in [0.5, 0.6) is 11.5 Å². The lowest BCUT2D eigenvalue weighted by Gasteiger charge is -2.43. The van der Waals surface area contributed by atoms with Crippen molar-refractivity contribution in [1.82, 2.24) is 0 Å². The third-order valence-electron chi connectivity index (χ3n) is 9.91. The molecule has 0 N–H and O–H groups in total. The number of hydrogen-bond donors (Lipinski definition) is 0. The maximum atomic E-state index is 12.8. The van der Waals surface area contributed by atoms with Gasteiger partial charge in [-0.05, 0) is 117 Å². The van der Waals surface area contributed by atoms with Crippen LogP contribution in [0.15, 0.2) is 48.5 Å². The van der Waals surface area contributed by atoms with Crippen molar-refractivity contribution < 1.29 is 57.2 Å². The maximum Gasteiger partial charge on any atom is 0.338 e. The van der Waals surface area contributed by atoms with Gasteiger partial charge in [0.15, 0.2) is 0 Å². The van der Waals surface area contributed by atoms with E-state index in [-0.39, 0.29) is 49.1 Å². The van der Waals surface area contributed by atoms with Crippen LogP contribution in [0, 0.1) is 17.3 Å². The molecule has 12 heteroatoms. The molecule has 3 rings (SSSR count). The quantitative estimate of drug-likeness (QED) is 0.0622. The summed E-state index contributed by atoms with van der Waals surface area (Å²) >= 11 is 0. The summed E-state index contributed by atoms with van der Waals surface area (Å²) in [6, 6.07) is 12.4. The molecule has 0 bridgehead atoms. The van der Waals surface area contributed by atoms with Gasteiger partial charge in [-0.25, -0.2) is 9.59 Å². The highest BCUT2D eigenvalue weighted by Crippen LogP contribution is 2.45. The average molecular weight is 725 g/mol. The van der Waals surface area contributed by atoms with Gasteiger partial charge < -0.3 is 28.4 Å². The lowest BCUT2D eigenvalue weighted by molar-refractivity contribution is -0.142. The predicted molar refractivity (Wildman–Crippen MR) is 190 cm³/mol. The molecule has 0 heterocycles. The number of rotatable bonds is 19. The number of methoxy groups -OCH3 is 2. The number of carbonyl (C=O) groups excluding carboxylic acids is 6. The van der Waals surface area contributed by atoms with Gasteiger partial charge in [0.2, 0.25) is 0 Å². The molecule has 1 fully saturated rings. The molecule has 0 spiro atoms. The normalized spacial score (nSPS) is 16.2. The fraction of sp³-hybridized carbons (Fsp3) is 0.550. The molecule has 0 aliphatic heterocycles. The van der Waals surface area contributed by atoms with E-state index in [1.54, 1.807) is 36.4 Å². The van der Waals surface area contributed by atoms with E-state index in [0.717, 1.165) is 38.5 Å². The minimum absolute atomic E-state index is 0.0398. The van der Waals surface area contributed by atoms with Crippen LogP contribution in [0.4, 0.5) is 0 Å². The summed E-state index contributed by atoms with van der Waals surface area (Å²) < 4.78 is 31.0. The summed E-state index contributed by atoms with van der Waals surface area (Å²) in [5.74, 6) is -1.11. The topological polar surface area (TPSA) is 158 Å². The summed E-state index contributed by atoms with van der Waals surface area (Å²) in [6.45, 7) is 7.08. The van der Waals surface area contributed by atoms with E-state index in [0.29, 0.717) is 53.9 Å². The van der Waals surface area contributed by atoms with Gasteiger partial charge in [-0.1, -0.05) is 20.8 Å². The molecular formula is C40H52O12. The van der Waals surface area contributed by atoms with E-state index in [1.165, 1.54) is 26.4 Å². The highest BCUT2D eigenvalue weighted by molar-refractivity contribution is 5.90. The van der Waals surface area contributed by atoms with Gasteiger partial charge in [0, 0.05) is 25.7 Å². The maximum absolute atomic E-state index is 12.8. The molecule has 2 aromatic carbocycles. The molecule has 0 saturated heterocycles. The van der Waals surface area contributed by atoms with Crippen molar-refractivity contribution in [2.75, 3.05) is 20.8 Å². The number of benzene rings is 2. The number of esters is 6. The lowest BCUT2D eigenvalue weighted by Crippen LogP contribution is -2.36. The molecular weight excluding hydrogens is 672 g/mol. The molecule has 1 aliphatic rings. The highest BCUT2D eigenvalue weighted by Gasteiger charge is 2.37. The smallest absolute Gasteiger partial charge is 0.338 e. The zero-order chi connectivity index (χ0) is 38.1. The van der Waals surface area contributed by atoms with Crippen molar-refractivity contribution in [1.29, 1.82) is 0 Å². The summed E-state index contributed by atoms with van der Waals surface area (Å²) in [5.41, 5.74) is 0.780. The summed E-state index contributed by atoms with van der Waals surface area (Å²) in [5, 5.41) is 0. The van der Waals surface area contributed by atoms with E-state index in [4.69, 9.17) is 18.9 Å².